The highest BCUT2D eigenvalue weighted by Gasteiger charge is 2.06. The maximum absolute atomic E-state index is 11.8. The fourth-order valence-corrected chi connectivity index (χ4v) is 2.12. The summed E-state index contributed by atoms with van der Waals surface area (Å²) in [4.78, 5) is 11.8. The zero-order chi connectivity index (χ0) is 14.7. The van der Waals surface area contributed by atoms with E-state index in [1.165, 1.54) is 0 Å². The lowest BCUT2D eigenvalue weighted by Crippen LogP contribution is -2.13. The third-order valence-electron chi connectivity index (χ3n) is 3.10. The molecule has 0 aliphatic rings. The molecule has 1 aromatic heterocycles. The van der Waals surface area contributed by atoms with Gasteiger partial charge in [-0.15, -0.1) is 0 Å². The van der Waals surface area contributed by atoms with Gasteiger partial charge in [-0.05, 0) is 30.7 Å². The van der Waals surface area contributed by atoms with Crippen LogP contribution in [0.2, 0.25) is 0 Å². The van der Waals surface area contributed by atoms with E-state index in [-0.39, 0.29) is 6.61 Å². The second-order valence-corrected chi connectivity index (χ2v) is 4.80. The summed E-state index contributed by atoms with van der Waals surface area (Å²) in [5.41, 5.74) is 2.34. The van der Waals surface area contributed by atoms with E-state index in [4.69, 9.17) is 9.15 Å². The summed E-state index contributed by atoms with van der Waals surface area (Å²) in [6.45, 7) is 2.13. The van der Waals surface area contributed by atoms with Gasteiger partial charge in [0.1, 0.15) is 18.0 Å². The summed E-state index contributed by atoms with van der Waals surface area (Å²) < 4.78 is 10.7. The van der Waals surface area contributed by atoms with E-state index in [9.17, 15) is 4.79 Å². The number of carbonyl (C=O) groups is 1. The highest BCUT2D eigenvalue weighted by atomic mass is 16.5. The van der Waals surface area contributed by atoms with Crippen molar-refractivity contribution < 1.29 is 13.9 Å². The van der Waals surface area contributed by atoms with Crippen molar-refractivity contribution in [3.63, 3.8) is 0 Å². The van der Waals surface area contributed by atoms with Crippen LogP contribution in [-0.2, 0) is 11.3 Å². The van der Waals surface area contributed by atoms with E-state index >= 15 is 0 Å². The summed E-state index contributed by atoms with van der Waals surface area (Å²) in [7, 11) is 0. The van der Waals surface area contributed by atoms with E-state index in [1.54, 1.807) is 6.07 Å². The van der Waals surface area contributed by atoms with Gasteiger partial charge in [0.15, 0.2) is 0 Å². The molecule has 21 heavy (non-hydrogen) atoms. The zero-order valence-corrected chi connectivity index (χ0v) is 11.6. The molecule has 3 aromatic rings. The fraction of sp³-hybridized carbons (Fsp3) is 0.118. The minimum Gasteiger partial charge on any atom is -0.461 e. The van der Waals surface area contributed by atoms with Gasteiger partial charge in [0.2, 0.25) is 0 Å². The summed E-state index contributed by atoms with van der Waals surface area (Å²) in [6, 6.07) is 17.0. The number of anilines is 1. The van der Waals surface area contributed by atoms with Crippen LogP contribution in [0.15, 0.2) is 59.0 Å². The summed E-state index contributed by atoms with van der Waals surface area (Å²) in [5.74, 6) is 0.841. The number of carbonyl (C=O) groups excluding carboxylic acids is 1. The van der Waals surface area contributed by atoms with Gasteiger partial charge in [-0.3, -0.25) is 5.32 Å². The van der Waals surface area contributed by atoms with Crippen molar-refractivity contribution in [2.75, 3.05) is 5.32 Å². The van der Waals surface area contributed by atoms with Gasteiger partial charge in [-0.1, -0.05) is 30.3 Å². The van der Waals surface area contributed by atoms with E-state index in [1.807, 2.05) is 55.5 Å². The maximum atomic E-state index is 11.8. The average molecular weight is 281 g/mol. The van der Waals surface area contributed by atoms with Crippen LogP contribution < -0.4 is 5.32 Å². The topological polar surface area (TPSA) is 51.5 Å². The van der Waals surface area contributed by atoms with Crippen molar-refractivity contribution in [1.82, 2.24) is 0 Å². The van der Waals surface area contributed by atoms with Crippen molar-refractivity contribution in [1.29, 1.82) is 0 Å². The largest absolute Gasteiger partial charge is 0.461 e. The lowest BCUT2D eigenvalue weighted by molar-refractivity contribution is 0.155. The Labute approximate surface area is 122 Å². The number of nitrogens with one attached hydrogen (secondary N) is 1. The number of benzene rings is 2. The number of hydrogen-bond donors (Lipinski definition) is 1. The summed E-state index contributed by atoms with van der Waals surface area (Å²) in [5, 5.41) is 3.70. The smallest absolute Gasteiger partial charge is 0.411 e. The van der Waals surface area contributed by atoms with Crippen molar-refractivity contribution in [3.05, 3.63) is 65.9 Å². The monoisotopic (exact) mass is 281 g/mol. The fourth-order valence-electron chi connectivity index (χ4n) is 2.12. The molecule has 0 unspecified atom stereocenters. The van der Waals surface area contributed by atoms with E-state index in [2.05, 4.69) is 5.32 Å². The first kappa shape index (κ1) is 13.2. The molecule has 1 N–H and O–H groups in total. The highest BCUT2D eigenvalue weighted by molar-refractivity contribution is 5.89. The van der Waals surface area contributed by atoms with E-state index in [0.717, 1.165) is 22.3 Å². The molecule has 4 nitrogen and oxygen atoms in total. The Hall–Kier alpha value is -2.75. The SMILES string of the molecule is Cc1cc2ccc(NC(=O)OCc3ccccc3)cc2o1. The minimum absolute atomic E-state index is 0.245. The number of rotatable bonds is 3. The Kier molecular flexibility index (Phi) is 3.60. The molecule has 0 aliphatic heterocycles. The van der Waals surface area contributed by atoms with Gasteiger partial charge in [-0.25, -0.2) is 4.79 Å². The molecular weight excluding hydrogens is 266 g/mol. The van der Waals surface area contributed by atoms with Gasteiger partial charge >= 0.3 is 6.09 Å². The Bertz CT molecular complexity index is 762. The van der Waals surface area contributed by atoms with Crippen LogP contribution in [0.1, 0.15) is 11.3 Å². The number of amides is 1. The molecule has 0 bridgehead atoms. The predicted molar refractivity (Wildman–Crippen MR) is 81.2 cm³/mol. The molecule has 4 heteroatoms. The highest BCUT2D eigenvalue weighted by Crippen LogP contribution is 2.22. The molecular formula is C17H15NO3. The van der Waals surface area contributed by atoms with E-state index < -0.39 is 6.09 Å². The van der Waals surface area contributed by atoms with Crippen LogP contribution in [0, 0.1) is 6.92 Å². The van der Waals surface area contributed by atoms with Crippen LogP contribution >= 0.6 is 0 Å². The van der Waals surface area contributed by atoms with Crippen molar-refractivity contribution in [2.45, 2.75) is 13.5 Å². The quantitative estimate of drug-likeness (QED) is 0.769. The zero-order valence-electron chi connectivity index (χ0n) is 11.6. The summed E-state index contributed by atoms with van der Waals surface area (Å²) in [6.07, 6.45) is -0.485. The van der Waals surface area contributed by atoms with Crippen LogP contribution in [-0.4, -0.2) is 6.09 Å². The van der Waals surface area contributed by atoms with Gasteiger partial charge in [0, 0.05) is 17.1 Å². The number of hydrogen-bond acceptors (Lipinski definition) is 3. The minimum atomic E-state index is -0.485. The second-order valence-electron chi connectivity index (χ2n) is 4.80. The van der Waals surface area contributed by atoms with Crippen LogP contribution in [0.5, 0.6) is 0 Å². The Morgan fingerprint density at radius 3 is 2.76 bits per heavy atom. The van der Waals surface area contributed by atoms with Crippen LogP contribution in [0.3, 0.4) is 0 Å². The number of furan rings is 1. The molecule has 0 aliphatic carbocycles. The molecule has 0 fully saturated rings. The average Bonchev–Trinajstić information content (AvgIpc) is 2.85. The third kappa shape index (κ3) is 3.23. The number of ether oxygens (including phenoxy) is 1. The lowest BCUT2D eigenvalue weighted by atomic mass is 10.2. The number of aryl methyl sites for hydroxylation is 1. The van der Waals surface area contributed by atoms with Crippen molar-refractivity contribution in [2.24, 2.45) is 0 Å². The Morgan fingerprint density at radius 2 is 1.95 bits per heavy atom. The van der Waals surface area contributed by atoms with Crippen LogP contribution in [0.25, 0.3) is 11.0 Å². The Morgan fingerprint density at radius 1 is 1.14 bits per heavy atom. The first-order chi connectivity index (χ1) is 10.2. The standard InChI is InChI=1S/C17H15NO3/c1-12-9-14-7-8-15(10-16(14)21-12)18-17(19)20-11-13-5-3-2-4-6-13/h2-10H,11H2,1H3,(H,18,19). The molecule has 106 valence electrons. The lowest BCUT2D eigenvalue weighted by Gasteiger charge is -2.07. The molecule has 0 atom stereocenters. The van der Waals surface area contributed by atoms with Gasteiger partial charge in [0.05, 0.1) is 0 Å². The van der Waals surface area contributed by atoms with Crippen molar-refractivity contribution >= 4 is 22.7 Å². The maximum Gasteiger partial charge on any atom is 0.411 e. The predicted octanol–water partition coefficient (Wildman–Crippen LogP) is 4.49. The molecule has 1 amide bonds. The van der Waals surface area contributed by atoms with E-state index in [0.29, 0.717) is 5.69 Å². The third-order valence-corrected chi connectivity index (χ3v) is 3.10. The first-order valence-corrected chi connectivity index (χ1v) is 6.68. The second kappa shape index (κ2) is 5.71. The molecule has 1 heterocycles. The molecule has 0 spiro atoms. The molecule has 0 saturated heterocycles. The van der Waals surface area contributed by atoms with Gasteiger partial charge in [0.25, 0.3) is 0 Å². The van der Waals surface area contributed by atoms with Gasteiger partial charge in [-0.2, -0.15) is 0 Å². The first-order valence-electron chi connectivity index (χ1n) is 6.68. The summed E-state index contributed by atoms with van der Waals surface area (Å²) >= 11 is 0. The van der Waals surface area contributed by atoms with Crippen LogP contribution in [0.4, 0.5) is 10.5 Å². The Balaban J connectivity index is 1.63. The molecule has 2 aromatic carbocycles. The molecule has 0 saturated carbocycles. The number of fused-ring (bicyclic) bond motifs is 1. The normalized spacial score (nSPS) is 10.5. The van der Waals surface area contributed by atoms with Gasteiger partial charge < -0.3 is 9.15 Å². The molecule has 0 radical (unpaired) electrons. The van der Waals surface area contributed by atoms with Crippen molar-refractivity contribution in [3.8, 4) is 0 Å². The molecule has 3 rings (SSSR count).